The van der Waals surface area contributed by atoms with Crippen molar-refractivity contribution < 1.29 is 14.6 Å². The first kappa shape index (κ1) is 39.4. The number of carbonyl (C=O) groups excluding carboxylic acids is 1. The minimum absolute atomic E-state index is 0.0178. The summed E-state index contributed by atoms with van der Waals surface area (Å²) in [6.07, 6.45) is 29.3. The van der Waals surface area contributed by atoms with Crippen molar-refractivity contribution >= 4 is 5.97 Å². The molecule has 0 aromatic carbocycles. The Labute approximate surface area is 304 Å². The predicted octanol–water partition coefficient (Wildman–Crippen LogP) is 13.0. The quantitative estimate of drug-likeness (QED) is 0.106. The molecule has 0 amide bonds. The molecule has 0 aliphatic heterocycles. The van der Waals surface area contributed by atoms with Crippen LogP contribution in [0.2, 0.25) is 0 Å². The lowest BCUT2D eigenvalue weighted by atomic mass is 9.33. The molecule has 3 heteroatoms. The number of aliphatic hydroxyl groups excluding tert-OH is 1. The van der Waals surface area contributed by atoms with Gasteiger partial charge < -0.3 is 9.84 Å². The van der Waals surface area contributed by atoms with E-state index >= 15 is 0 Å². The molecule has 282 valence electrons. The van der Waals surface area contributed by atoms with E-state index < -0.39 is 6.10 Å². The largest absolute Gasteiger partial charge is 0.462 e. The molecule has 5 aliphatic carbocycles. The number of hydrogen-bond donors (Lipinski definition) is 1. The van der Waals surface area contributed by atoms with Gasteiger partial charge in [0.15, 0.2) is 0 Å². The highest BCUT2D eigenvalue weighted by atomic mass is 16.5. The van der Waals surface area contributed by atoms with Gasteiger partial charge >= 0.3 is 5.97 Å². The number of fused-ring (bicyclic) bond motifs is 7. The number of hydrogen-bond acceptors (Lipinski definition) is 3. The molecule has 11 atom stereocenters. The highest BCUT2D eigenvalue weighted by Gasteiger charge is 2.70. The van der Waals surface area contributed by atoms with E-state index in [2.05, 4.69) is 68.4 Å². The fraction of sp³-hybridized carbons (Fsp3) is 0.935. The van der Waals surface area contributed by atoms with Crippen molar-refractivity contribution in [2.24, 2.45) is 56.7 Å². The fourth-order valence-electron chi connectivity index (χ4n) is 13.6. The van der Waals surface area contributed by atoms with Crippen LogP contribution in [0.15, 0.2) is 11.6 Å². The molecule has 4 saturated carbocycles. The normalized spacial score (nSPS) is 42.7. The zero-order valence-electron chi connectivity index (χ0n) is 33.9. The summed E-state index contributed by atoms with van der Waals surface area (Å²) in [7, 11) is 0. The molecule has 0 aromatic heterocycles. The topological polar surface area (TPSA) is 46.5 Å². The lowest BCUT2D eigenvalue weighted by molar-refractivity contribution is -0.230. The van der Waals surface area contributed by atoms with Gasteiger partial charge in [-0.05, 0) is 103 Å². The minimum atomic E-state index is -0.391. The van der Waals surface area contributed by atoms with Crippen molar-refractivity contribution in [1.29, 1.82) is 0 Å². The van der Waals surface area contributed by atoms with E-state index in [1.807, 2.05) is 0 Å². The third-order valence-electron chi connectivity index (χ3n) is 17.0. The lowest BCUT2D eigenvalue weighted by Crippen LogP contribution is -2.67. The Balaban J connectivity index is 1.15. The summed E-state index contributed by atoms with van der Waals surface area (Å²) in [5.41, 5.74) is 2.16. The Morgan fingerprint density at radius 1 is 0.755 bits per heavy atom. The maximum atomic E-state index is 13.2. The fourth-order valence-corrected chi connectivity index (χ4v) is 13.6. The molecular weight excluding hydrogens is 601 g/mol. The molecule has 0 bridgehead atoms. The minimum Gasteiger partial charge on any atom is -0.462 e. The molecule has 1 N–H and O–H groups in total. The zero-order chi connectivity index (χ0) is 35.7. The van der Waals surface area contributed by atoms with Gasteiger partial charge in [-0.25, -0.2) is 0 Å². The van der Waals surface area contributed by atoms with E-state index in [0.29, 0.717) is 29.6 Å². The van der Waals surface area contributed by atoms with E-state index in [9.17, 15) is 9.90 Å². The van der Waals surface area contributed by atoms with Gasteiger partial charge in [-0.1, -0.05) is 151 Å². The molecule has 3 nitrogen and oxygen atoms in total. The van der Waals surface area contributed by atoms with Crippen LogP contribution in [-0.2, 0) is 9.53 Å². The van der Waals surface area contributed by atoms with Gasteiger partial charge in [0, 0.05) is 17.8 Å². The van der Waals surface area contributed by atoms with Crippen LogP contribution < -0.4 is 0 Å². The number of esters is 1. The molecule has 5 rings (SSSR count). The van der Waals surface area contributed by atoms with Gasteiger partial charge in [-0.2, -0.15) is 0 Å². The third-order valence-corrected chi connectivity index (χ3v) is 17.0. The highest BCUT2D eigenvalue weighted by Crippen LogP contribution is 2.75. The van der Waals surface area contributed by atoms with Crippen LogP contribution in [0.25, 0.3) is 0 Å². The summed E-state index contributed by atoms with van der Waals surface area (Å²) in [5, 5.41) is 12.3. The van der Waals surface area contributed by atoms with Crippen LogP contribution in [0, 0.1) is 56.7 Å². The Kier molecular flexibility index (Phi) is 12.6. The number of aliphatic hydroxyl groups is 1. The van der Waals surface area contributed by atoms with Crippen LogP contribution in [0.4, 0.5) is 0 Å². The van der Waals surface area contributed by atoms with Crippen molar-refractivity contribution in [2.75, 3.05) is 0 Å². The summed E-state index contributed by atoms with van der Waals surface area (Å²) in [4.78, 5) is 13.2. The molecule has 0 unspecified atom stereocenters. The van der Waals surface area contributed by atoms with Crippen LogP contribution in [0.1, 0.15) is 204 Å². The third kappa shape index (κ3) is 7.38. The molecule has 5 aliphatic rings. The van der Waals surface area contributed by atoms with Gasteiger partial charge in [0.2, 0.25) is 0 Å². The number of rotatable bonds is 15. The van der Waals surface area contributed by atoms with Crippen LogP contribution >= 0.6 is 0 Å². The summed E-state index contributed by atoms with van der Waals surface area (Å²) in [6, 6.07) is 0. The second-order valence-corrected chi connectivity index (χ2v) is 20.3. The molecule has 0 saturated heterocycles. The zero-order valence-corrected chi connectivity index (χ0v) is 33.9. The SMILES string of the molecule is CCCCCCCCCCCCCCCC(=O)O[C@H]1CC[C@]2(C)[C@H]3[C@@H](O)C=C4[C@@H]5[C@@H](C)[C@H](C)CC[C@]5(C)CC[C@@]4(C)[C@]3(C)CC[C@H]2C1(C)C. The van der Waals surface area contributed by atoms with Crippen LogP contribution in [-0.4, -0.2) is 23.3 Å². The Morgan fingerprint density at radius 2 is 1.35 bits per heavy atom. The summed E-state index contributed by atoms with van der Waals surface area (Å²) >= 11 is 0. The number of carbonyl (C=O) groups is 1. The molecule has 0 radical (unpaired) electrons. The lowest BCUT2D eigenvalue weighted by Gasteiger charge is -2.72. The standard InChI is InChI=1S/C46H80O3/c1-10-11-12-13-14-15-16-17-18-19-20-21-22-23-39(48)49-38-26-28-44(7)37(42(38,4)5)25-29-46(9)41(44)36(47)32-35-40-34(3)33(2)24-27-43(40,6)30-31-45(35,46)8/h32-34,36-38,40-41,47H,10-31H2,1-9H3/t33-,34+,36+,37+,38+,40+,41-,43-,44+,45-,46-/m1/s1. The molecule has 0 spiro atoms. The smallest absolute Gasteiger partial charge is 0.306 e. The first-order valence-electron chi connectivity index (χ1n) is 21.8. The predicted molar refractivity (Wildman–Crippen MR) is 206 cm³/mol. The van der Waals surface area contributed by atoms with Crippen LogP contribution in [0.3, 0.4) is 0 Å². The van der Waals surface area contributed by atoms with Crippen molar-refractivity contribution in [1.82, 2.24) is 0 Å². The second-order valence-electron chi connectivity index (χ2n) is 20.3. The summed E-state index contributed by atoms with van der Waals surface area (Å²) < 4.78 is 6.38. The molecule has 49 heavy (non-hydrogen) atoms. The summed E-state index contributed by atoms with van der Waals surface area (Å²) in [6.45, 7) is 22.3. The summed E-state index contributed by atoms with van der Waals surface area (Å²) in [5.74, 6) is 2.72. The van der Waals surface area contributed by atoms with E-state index in [1.165, 1.54) is 109 Å². The maximum absolute atomic E-state index is 13.2. The van der Waals surface area contributed by atoms with Gasteiger partial charge in [0.05, 0.1) is 6.10 Å². The second kappa shape index (κ2) is 15.6. The van der Waals surface area contributed by atoms with Gasteiger partial charge in [0.1, 0.15) is 6.10 Å². The molecule has 4 fully saturated rings. The maximum Gasteiger partial charge on any atom is 0.306 e. The number of allylic oxidation sites excluding steroid dienone is 1. The van der Waals surface area contributed by atoms with Crippen molar-refractivity contribution in [3.8, 4) is 0 Å². The van der Waals surface area contributed by atoms with E-state index in [0.717, 1.165) is 31.6 Å². The van der Waals surface area contributed by atoms with Crippen molar-refractivity contribution in [3.63, 3.8) is 0 Å². The van der Waals surface area contributed by atoms with E-state index in [4.69, 9.17) is 4.74 Å². The van der Waals surface area contributed by atoms with Crippen molar-refractivity contribution in [3.05, 3.63) is 11.6 Å². The Bertz CT molecular complexity index is 1140. The average Bonchev–Trinajstić information content (AvgIpc) is 3.04. The van der Waals surface area contributed by atoms with Crippen LogP contribution in [0.5, 0.6) is 0 Å². The molecular formula is C46H80O3. The first-order valence-corrected chi connectivity index (χ1v) is 21.8. The van der Waals surface area contributed by atoms with E-state index in [-0.39, 0.29) is 39.7 Å². The van der Waals surface area contributed by atoms with E-state index in [1.54, 1.807) is 5.57 Å². The molecule has 0 aromatic rings. The Morgan fingerprint density at radius 3 is 1.96 bits per heavy atom. The monoisotopic (exact) mass is 681 g/mol. The first-order chi connectivity index (χ1) is 23.2. The van der Waals surface area contributed by atoms with Gasteiger partial charge in [-0.3, -0.25) is 4.79 Å². The van der Waals surface area contributed by atoms with Crippen molar-refractivity contribution in [2.45, 2.75) is 216 Å². The molecule has 0 heterocycles. The highest BCUT2D eigenvalue weighted by molar-refractivity contribution is 5.69. The van der Waals surface area contributed by atoms with Gasteiger partial charge in [-0.15, -0.1) is 0 Å². The number of unbranched alkanes of at least 4 members (excludes halogenated alkanes) is 12. The van der Waals surface area contributed by atoms with Gasteiger partial charge in [0.25, 0.3) is 0 Å². The Hall–Kier alpha value is -0.830. The number of ether oxygens (including phenoxy) is 1. The average molecular weight is 681 g/mol.